The lowest BCUT2D eigenvalue weighted by Gasteiger charge is -2.39. The second-order valence-electron chi connectivity index (χ2n) is 9.41. The number of likely N-dealkylation sites (tertiary alicyclic amines) is 1. The van der Waals surface area contributed by atoms with Gasteiger partial charge in [-0.15, -0.1) is 0 Å². The van der Waals surface area contributed by atoms with E-state index in [9.17, 15) is 4.79 Å². The van der Waals surface area contributed by atoms with Gasteiger partial charge in [-0.3, -0.25) is 4.90 Å². The quantitative estimate of drug-likeness (QED) is 0.569. The predicted octanol–water partition coefficient (Wildman–Crippen LogP) is 4.90. The number of carbonyl (C=O) groups is 1. The molecule has 1 aromatic heterocycles. The molecule has 0 amide bonds. The summed E-state index contributed by atoms with van der Waals surface area (Å²) < 4.78 is 5.29. The zero-order valence-electron chi connectivity index (χ0n) is 19.4. The molecule has 3 aromatic rings. The molecule has 2 aliphatic heterocycles. The van der Waals surface area contributed by atoms with Crippen molar-refractivity contribution in [2.45, 2.75) is 32.2 Å². The lowest BCUT2D eigenvalue weighted by Crippen LogP contribution is -2.41. The molecule has 2 aromatic carbocycles. The molecular weight excluding hydrogens is 410 g/mol. The van der Waals surface area contributed by atoms with Gasteiger partial charge >= 0.3 is 5.97 Å². The van der Waals surface area contributed by atoms with Gasteiger partial charge < -0.3 is 10.1 Å². The van der Waals surface area contributed by atoms with Crippen LogP contribution < -0.4 is 5.32 Å². The van der Waals surface area contributed by atoms with Crippen LogP contribution in [-0.4, -0.2) is 49.1 Å². The van der Waals surface area contributed by atoms with Crippen molar-refractivity contribution in [3.63, 3.8) is 0 Å². The van der Waals surface area contributed by atoms with Crippen molar-refractivity contribution in [2.24, 2.45) is 11.8 Å². The van der Waals surface area contributed by atoms with Crippen LogP contribution in [0.1, 0.15) is 41.6 Å². The van der Waals surface area contributed by atoms with E-state index in [2.05, 4.69) is 22.3 Å². The molecular formula is C28H33N3O2. The fourth-order valence-electron chi connectivity index (χ4n) is 5.73. The van der Waals surface area contributed by atoms with Crippen LogP contribution in [0.25, 0.3) is 22.2 Å². The highest BCUT2D eigenvalue weighted by molar-refractivity contribution is 6.06. The first kappa shape index (κ1) is 22.1. The summed E-state index contributed by atoms with van der Waals surface area (Å²) in [5.74, 6) is 1.25. The molecule has 2 aliphatic rings. The molecule has 5 heteroatoms. The molecule has 2 fully saturated rings. The number of nitrogens with one attached hydrogen (secondary N) is 1. The van der Waals surface area contributed by atoms with Crippen LogP contribution >= 0.6 is 0 Å². The highest BCUT2D eigenvalue weighted by atomic mass is 16.5. The number of piperidine rings is 2. The molecule has 5 rings (SSSR count). The average Bonchev–Trinajstić information content (AvgIpc) is 2.89. The smallest absolute Gasteiger partial charge is 0.338 e. The number of hydrogen-bond acceptors (Lipinski definition) is 5. The molecule has 172 valence electrons. The first-order valence-electron chi connectivity index (χ1n) is 12.2. The van der Waals surface area contributed by atoms with Crippen LogP contribution in [0, 0.1) is 11.8 Å². The van der Waals surface area contributed by atoms with Gasteiger partial charge in [0.25, 0.3) is 0 Å². The van der Waals surface area contributed by atoms with E-state index in [4.69, 9.17) is 9.72 Å². The number of fused-ring (bicyclic) bond motifs is 1. The third kappa shape index (κ3) is 4.66. The number of methoxy groups -OCH3 is 1. The van der Waals surface area contributed by atoms with E-state index < -0.39 is 0 Å². The summed E-state index contributed by atoms with van der Waals surface area (Å²) in [7, 11) is 1.47. The van der Waals surface area contributed by atoms with Crippen LogP contribution in [-0.2, 0) is 11.3 Å². The zero-order chi connectivity index (χ0) is 22.6. The van der Waals surface area contributed by atoms with Crippen LogP contribution in [0.5, 0.6) is 0 Å². The Balaban J connectivity index is 1.56. The van der Waals surface area contributed by atoms with Gasteiger partial charge in [-0.25, -0.2) is 9.78 Å². The SMILES string of the molecule is COC(=O)c1c(CN2CCCC(C3CCNCC3)C2)c(-c2ccccc2)nc2ccccc12. The summed E-state index contributed by atoms with van der Waals surface area (Å²) in [5.41, 5.74) is 4.39. The van der Waals surface area contributed by atoms with Gasteiger partial charge in [0, 0.05) is 29.6 Å². The van der Waals surface area contributed by atoms with Crippen molar-refractivity contribution in [2.75, 3.05) is 33.3 Å². The maximum atomic E-state index is 13.1. The maximum absolute atomic E-state index is 13.1. The van der Waals surface area contributed by atoms with E-state index in [1.54, 1.807) is 0 Å². The van der Waals surface area contributed by atoms with Crippen molar-refractivity contribution in [1.82, 2.24) is 15.2 Å². The third-order valence-corrected chi connectivity index (χ3v) is 7.40. The molecule has 0 aliphatic carbocycles. The summed E-state index contributed by atoms with van der Waals surface area (Å²) >= 11 is 0. The Morgan fingerprint density at radius 1 is 1.03 bits per heavy atom. The van der Waals surface area contributed by atoms with Gasteiger partial charge in [0.15, 0.2) is 0 Å². The molecule has 0 bridgehead atoms. The minimum atomic E-state index is -0.285. The van der Waals surface area contributed by atoms with Crippen molar-refractivity contribution in [1.29, 1.82) is 0 Å². The average molecular weight is 444 g/mol. The number of rotatable bonds is 5. The summed E-state index contributed by atoms with van der Waals surface area (Å²) in [4.78, 5) is 20.7. The van der Waals surface area contributed by atoms with Crippen molar-refractivity contribution < 1.29 is 9.53 Å². The molecule has 0 saturated carbocycles. The highest BCUT2D eigenvalue weighted by Crippen LogP contribution is 2.35. The normalized spacial score (nSPS) is 20.1. The predicted molar refractivity (Wildman–Crippen MR) is 132 cm³/mol. The Bertz CT molecular complexity index is 1110. The molecule has 2 saturated heterocycles. The third-order valence-electron chi connectivity index (χ3n) is 7.40. The highest BCUT2D eigenvalue weighted by Gasteiger charge is 2.30. The number of carbonyl (C=O) groups excluding carboxylic acids is 1. The van der Waals surface area contributed by atoms with Crippen LogP contribution in [0.15, 0.2) is 54.6 Å². The van der Waals surface area contributed by atoms with Crippen LogP contribution in [0.2, 0.25) is 0 Å². The molecule has 5 nitrogen and oxygen atoms in total. The van der Waals surface area contributed by atoms with Crippen molar-refractivity contribution >= 4 is 16.9 Å². The van der Waals surface area contributed by atoms with Gasteiger partial charge in [0.2, 0.25) is 0 Å². The Labute approximate surface area is 196 Å². The van der Waals surface area contributed by atoms with E-state index in [0.29, 0.717) is 12.1 Å². The number of pyridine rings is 1. The van der Waals surface area contributed by atoms with E-state index in [1.807, 2.05) is 42.5 Å². The van der Waals surface area contributed by atoms with Gasteiger partial charge in [0.05, 0.1) is 23.9 Å². The lowest BCUT2D eigenvalue weighted by atomic mass is 9.80. The van der Waals surface area contributed by atoms with Gasteiger partial charge in [0.1, 0.15) is 0 Å². The number of nitrogens with zero attached hydrogens (tertiary/aromatic N) is 2. The standard InChI is InChI=1S/C28H33N3O2/c1-33-28(32)26-23-11-5-6-12-25(23)30-27(21-8-3-2-4-9-21)24(26)19-31-17-7-10-22(18-31)20-13-15-29-16-14-20/h2-6,8-9,11-12,20,22,29H,7,10,13-19H2,1H3. The van der Waals surface area contributed by atoms with E-state index in [1.165, 1.54) is 32.8 Å². The fourth-order valence-corrected chi connectivity index (χ4v) is 5.73. The number of aromatic nitrogens is 1. The van der Waals surface area contributed by atoms with Crippen molar-refractivity contribution in [3.05, 3.63) is 65.7 Å². The number of benzene rings is 2. The Morgan fingerprint density at radius 3 is 2.58 bits per heavy atom. The molecule has 0 radical (unpaired) electrons. The zero-order valence-corrected chi connectivity index (χ0v) is 19.4. The first-order valence-corrected chi connectivity index (χ1v) is 12.2. The Kier molecular flexibility index (Phi) is 6.70. The summed E-state index contributed by atoms with van der Waals surface area (Å²) in [5, 5.41) is 4.37. The molecule has 3 heterocycles. The van der Waals surface area contributed by atoms with E-state index >= 15 is 0 Å². The maximum Gasteiger partial charge on any atom is 0.338 e. The van der Waals surface area contributed by atoms with Gasteiger partial charge in [-0.2, -0.15) is 0 Å². The summed E-state index contributed by atoms with van der Waals surface area (Å²) in [6, 6.07) is 18.1. The van der Waals surface area contributed by atoms with Crippen LogP contribution in [0.3, 0.4) is 0 Å². The Morgan fingerprint density at radius 2 is 1.79 bits per heavy atom. The number of ether oxygens (including phenoxy) is 1. The summed E-state index contributed by atoms with van der Waals surface area (Å²) in [6.07, 6.45) is 5.08. The van der Waals surface area contributed by atoms with E-state index in [-0.39, 0.29) is 5.97 Å². The summed E-state index contributed by atoms with van der Waals surface area (Å²) in [6.45, 7) is 5.14. The van der Waals surface area contributed by atoms with Gasteiger partial charge in [-0.05, 0) is 63.2 Å². The number of esters is 1. The van der Waals surface area contributed by atoms with Crippen LogP contribution in [0.4, 0.5) is 0 Å². The first-order chi connectivity index (χ1) is 16.2. The fraction of sp³-hybridized carbons (Fsp3) is 0.429. The number of para-hydroxylation sites is 1. The van der Waals surface area contributed by atoms with Crippen molar-refractivity contribution in [3.8, 4) is 11.3 Å². The number of hydrogen-bond donors (Lipinski definition) is 1. The lowest BCUT2D eigenvalue weighted by molar-refractivity contribution is 0.0598. The van der Waals surface area contributed by atoms with Gasteiger partial charge in [-0.1, -0.05) is 48.5 Å². The van der Waals surface area contributed by atoms with E-state index in [0.717, 1.165) is 65.7 Å². The minimum absolute atomic E-state index is 0.285. The molecule has 1 atom stereocenters. The Hall–Kier alpha value is -2.76. The second kappa shape index (κ2) is 10.0. The molecule has 1 N–H and O–H groups in total. The molecule has 0 spiro atoms. The minimum Gasteiger partial charge on any atom is -0.465 e. The molecule has 33 heavy (non-hydrogen) atoms. The monoisotopic (exact) mass is 443 g/mol. The second-order valence-corrected chi connectivity index (χ2v) is 9.41. The topological polar surface area (TPSA) is 54.5 Å². The molecule has 1 unspecified atom stereocenters. The largest absolute Gasteiger partial charge is 0.465 e.